The van der Waals surface area contributed by atoms with Crippen molar-refractivity contribution in [3.63, 3.8) is 0 Å². The maximum atomic E-state index is 13.2. The second kappa shape index (κ2) is 3.58. The molecule has 1 N–H and O–H groups in total. The number of benzene rings is 1. The van der Waals surface area contributed by atoms with Crippen LogP contribution < -0.4 is 0 Å². The Morgan fingerprint density at radius 2 is 2.29 bits per heavy atom. The molecule has 1 aliphatic rings. The Morgan fingerprint density at radius 1 is 1.47 bits per heavy atom. The van der Waals surface area contributed by atoms with E-state index in [0.29, 0.717) is 0 Å². The summed E-state index contributed by atoms with van der Waals surface area (Å²) in [6.45, 7) is 0.778. The third-order valence-corrected chi connectivity index (χ3v) is 3.44. The zero-order valence-corrected chi connectivity index (χ0v) is 9.19. The van der Waals surface area contributed by atoms with Crippen LogP contribution in [0.15, 0.2) is 24.3 Å². The van der Waals surface area contributed by atoms with Gasteiger partial charge in [-0.15, -0.1) is 0 Å². The molecule has 1 aliphatic heterocycles. The molecule has 1 atom stereocenters. The SMILES string of the molecule is O=C(O)CC1CCn2c1cc1ccc(F)cc12. The van der Waals surface area contributed by atoms with Gasteiger partial charge in [0.15, 0.2) is 0 Å². The maximum Gasteiger partial charge on any atom is 0.304 e. The van der Waals surface area contributed by atoms with Crippen LogP contribution in [0.2, 0.25) is 0 Å². The van der Waals surface area contributed by atoms with Crippen molar-refractivity contribution in [1.29, 1.82) is 0 Å². The number of halogens is 1. The van der Waals surface area contributed by atoms with Crippen LogP contribution in [-0.2, 0) is 11.3 Å². The maximum absolute atomic E-state index is 13.2. The van der Waals surface area contributed by atoms with Crippen molar-refractivity contribution in [2.75, 3.05) is 0 Å². The molecule has 0 spiro atoms. The number of hydrogen-bond acceptors (Lipinski definition) is 1. The van der Waals surface area contributed by atoms with Crippen molar-refractivity contribution in [3.05, 3.63) is 35.8 Å². The van der Waals surface area contributed by atoms with Gasteiger partial charge < -0.3 is 9.67 Å². The van der Waals surface area contributed by atoms with Gasteiger partial charge in [0, 0.05) is 23.5 Å². The second-order valence-corrected chi connectivity index (χ2v) is 4.51. The summed E-state index contributed by atoms with van der Waals surface area (Å²) in [5.41, 5.74) is 1.89. The van der Waals surface area contributed by atoms with Gasteiger partial charge in [-0.25, -0.2) is 4.39 Å². The van der Waals surface area contributed by atoms with Gasteiger partial charge in [-0.3, -0.25) is 4.79 Å². The van der Waals surface area contributed by atoms with Crippen LogP contribution in [0, 0.1) is 5.82 Å². The van der Waals surface area contributed by atoms with Crippen molar-refractivity contribution in [1.82, 2.24) is 4.57 Å². The zero-order chi connectivity index (χ0) is 12.0. The van der Waals surface area contributed by atoms with E-state index in [1.807, 2.05) is 10.6 Å². The van der Waals surface area contributed by atoms with Gasteiger partial charge in [-0.2, -0.15) is 0 Å². The quantitative estimate of drug-likeness (QED) is 0.866. The number of hydrogen-bond donors (Lipinski definition) is 1. The van der Waals surface area contributed by atoms with Gasteiger partial charge in [0.05, 0.1) is 11.9 Å². The number of rotatable bonds is 2. The molecule has 1 unspecified atom stereocenters. The fraction of sp³-hybridized carbons (Fsp3) is 0.308. The monoisotopic (exact) mass is 233 g/mol. The van der Waals surface area contributed by atoms with Crippen LogP contribution in [0.1, 0.15) is 24.5 Å². The first-order valence-corrected chi connectivity index (χ1v) is 5.65. The molecule has 3 rings (SSSR count). The minimum atomic E-state index is -0.778. The van der Waals surface area contributed by atoms with E-state index >= 15 is 0 Å². The van der Waals surface area contributed by atoms with E-state index in [2.05, 4.69) is 0 Å². The molecule has 3 nitrogen and oxygen atoms in total. The molecule has 0 saturated heterocycles. The van der Waals surface area contributed by atoms with E-state index in [1.54, 1.807) is 6.07 Å². The summed E-state index contributed by atoms with van der Waals surface area (Å²) in [6, 6.07) is 6.68. The third-order valence-electron chi connectivity index (χ3n) is 3.44. The molecule has 0 fully saturated rings. The Labute approximate surface area is 97.5 Å². The number of aromatic nitrogens is 1. The molecule has 0 radical (unpaired) electrons. The van der Waals surface area contributed by atoms with Crippen molar-refractivity contribution < 1.29 is 14.3 Å². The summed E-state index contributed by atoms with van der Waals surface area (Å²) < 4.78 is 15.2. The van der Waals surface area contributed by atoms with E-state index in [-0.39, 0.29) is 18.2 Å². The third kappa shape index (κ3) is 1.60. The molecule has 1 aromatic heterocycles. The van der Waals surface area contributed by atoms with Crippen molar-refractivity contribution in [2.24, 2.45) is 0 Å². The average Bonchev–Trinajstić information content (AvgIpc) is 2.78. The molecule has 1 aromatic carbocycles. The number of carboxylic acids is 1. The molecule has 0 aliphatic carbocycles. The minimum Gasteiger partial charge on any atom is -0.481 e. The molecule has 0 bridgehead atoms. The summed E-state index contributed by atoms with van der Waals surface area (Å²) in [5, 5.41) is 9.83. The van der Waals surface area contributed by atoms with Crippen LogP contribution in [0.4, 0.5) is 4.39 Å². The van der Waals surface area contributed by atoms with Gasteiger partial charge >= 0.3 is 5.97 Å². The Balaban J connectivity index is 2.10. The van der Waals surface area contributed by atoms with Crippen LogP contribution in [-0.4, -0.2) is 15.6 Å². The highest BCUT2D eigenvalue weighted by atomic mass is 19.1. The Bertz CT molecular complexity index is 603. The first-order valence-electron chi connectivity index (χ1n) is 5.65. The van der Waals surface area contributed by atoms with Gasteiger partial charge in [0.1, 0.15) is 5.82 Å². The normalized spacial score (nSPS) is 18.5. The van der Waals surface area contributed by atoms with Crippen LogP contribution >= 0.6 is 0 Å². The molecule has 4 heteroatoms. The molecule has 88 valence electrons. The van der Waals surface area contributed by atoms with Gasteiger partial charge in [0.2, 0.25) is 0 Å². The van der Waals surface area contributed by atoms with Gasteiger partial charge in [0.25, 0.3) is 0 Å². The smallest absolute Gasteiger partial charge is 0.304 e. The summed E-state index contributed by atoms with van der Waals surface area (Å²) in [5.74, 6) is -0.970. The molecule has 0 amide bonds. The Kier molecular flexibility index (Phi) is 2.18. The van der Waals surface area contributed by atoms with Crippen LogP contribution in [0.5, 0.6) is 0 Å². The lowest BCUT2D eigenvalue weighted by atomic mass is 10.0. The van der Waals surface area contributed by atoms with Crippen molar-refractivity contribution in [2.45, 2.75) is 25.3 Å². The lowest BCUT2D eigenvalue weighted by molar-refractivity contribution is -0.137. The Morgan fingerprint density at radius 3 is 3.06 bits per heavy atom. The molecular formula is C13H12FNO2. The number of carboxylic acid groups (broad SMARTS) is 1. The van der Waals surface area contributed by atoms with E-state index in [4.69, 9.17) is 5.11 Å². The summed E-state index contributed by atoms with van der Waals surface area (Å²) >= 11 is 0. The molecule has 0 saturated carbocycles. The highest BCUT2D eigenvalue weighted by molar-refractivity contribution is 5.82. The summed E-state index contributed by atoms with van der Waals surface area (Å²) in [4.78, 5) is 10.8. The van der Waals surface area contributed by atoms with E-state index in [1.165, 1.54) is 12.1 Å². The highest BCUT2D eigenvalue weighted by Gasteiger charge is 2.26. The van der Waals surface area contributed by atoms with E-state index in [9.17, 15) is 9.18 Å². The molecule has 17 heavy (non-hydrogen) atoms. The summed E-state index contributed by atoms with van der Waals surface area (Å²) in [6.07, 6.45) is 0.979. The van der Waals surface area contributed by atoms with E-state index in [0.717, 1.165) is 29.6 Å². The second-order valence-electron chi connectivity index (χ2n) is 4.51. The Hall–Kier alpha value is -1.84. The first-order chi connectivity index (χ1) is 8.15. The number of fused-ring (bicyclic) bond motifs is 3. The lowest BCUT2D eigenvalue weighted by Crippen LogP contribution is -2.02. The standard InChI is InChI=1S/C13H12FNO2/c14-10-2-1-8-5-11-9(6-13(16)17)3-4-15(11)12(8)7-10/h1-2,5,7,9H,3-4,6H2,(H,16,17). The number of nitrogens with zero attached hydrogens (tertiary/aromatic N) is 1. The molecular weight excluding hydrogens is 221 g/mol. The molecule has 2 heterocycles. The number of aryl methyl sites for hydroxylation is 1. The minimum absolute atomic E-state index is 0.0583. The highest BCUT2D eigenvalue weighted by Crippen LogP contribution is 2.36. The van der Waals surface area contributed by atoms with Gasteiger partial charge in [-0.05, 0) is 30.7 Å². The van der Waals surface area contributed by atoms with Gasteiger partial charge in [-0.1, -0.05) is 0 Å². The fourth-order valence-corrected chi connectivity index (χ4v) is 2.69. The number of carbonyl (C=O) groups is 1. The first kappa shape index (κ1) is 10.3. The van der Waals surface area contributed by atoms with Crippen LogP contribution in [0.25, 0.3) is 10.9 Å². The lowest BCUT2D eigenvalue weighted by Gasteiger charge is -2.04. The predicted octanol–water partition coefficient (Wildman–Crippen LogP) is 2.74. The zero-order valence-electron chi connectivity index (χ0n) is 9.19. The van der Waals surface area contributed by atoms with Crippen LogP contribution in [0.3, 0.4) is 0 Å². The topological polar surface area (TPSA) is 42.2 Å². The predicted molar refractivity (Wildman–Crippen MR) is 61.5 cm³/mol. The largest absolute Gasteiger partial charge is 0.481 e. The van der Waals surface area contributed by atoms with Crippen molar-refractivity contribution >= 4 is 16.9 Å². The molecule has 2 aromatic rings. The van der Waals surface area contributed by atoms with E-state index < -0.39 is 5.97 Å². The van der Waals surface area contributed by atoms with Crippen molar-refractivity contribution in [3.8, 4) is 0 Å². The fourth-order valence-electron chi connectivity index (χ4n) is 2.69. The average molecular weight is 233 g/mol. The number of aliphatic carboxylic acids is 1. The summed E-state index contributed by atoms with van der Waals surface area (Å²) in [7, 11) is 0.